The number of hydrogen-bond donors (Lipinski definition) is 3. The summed E-state index contributed by atoms with van der Waals surface area (Å²) in [4.78, 5) is 34.7. The maximum Gasteiger partial charge on any atom is 0.324 e. The van der Waals surface area contributed by atoms with E-state index in [0.717, 1.165) is 0 Å². The summed E-state index contributed by atoms with van der Waals surface area (Å²) in [6.07, 6.45) is 0. The molecule has 0 bridgehead atoms. The van der Waals surface area contributed by atoms with Gasteiger partial charge in [-0.1, -0.05) is 0 Å². The fourth-order valence-electron chi connectivity index (χ4n) is 1.83. The smallest absolute Gasteiger partial charge is 0.324 e. The van der Waals surface area contributed by atoms with E-state index in [2.05, 4.69) is 10.0 Å². The van der Waals surface area contributed by atoms with Gasteiger partial charge >= 0.3 is 12.0 Å². The van der Waals surface area contributed by atoms with Crippen LogP contribution in [-0.4, -0.2) is 52.1 Å². The molecule has 150 valence electrons. The van der Waals surface area contributed by atoms with Crippen LogP contribution in [0.2, 0.25) is 0 Å². The van der Waals surface area contributed by atoms with Gasteiger partial charge in [-0.3, -0.25) is 14.9 Å². The van der Waals surface area contributed by atoms with E-state index in [4.69, 9.17) is 9.47 Å². The second kappa shape index (κ2) is 9.88. The SMILES string of the molecule is COc1ccc(S(=O)(=O)N[C@@H](C)C(=O)OCC(=O)NC(=O)NC(C)C)cc1. The van der Waals surface area contributed by atoms with Gasteiger partial charge in [-0.25, -0.2) is 13.2 Å². The Labute approximate surface area is 157 Å². The van der Waals surface area contributed by atoms with Crippen molar-refractivity contribution in [1.82, 2.24) is 15.4 Å². The Hall–Kier alpha value is -2.66. The molecule has 0 aliphatic rings. The molecule has 0 unspecified atom stereocenters. The molecule has 0 aliphatic heterocycles. The predicted molar refractivity (Wildman–Crippen MR) is 95.5 cm³/mol. The Balaban J connectivity index is 2.55. The number of imide groups is 1. The molecule has 1 aromatic carbocycles. The summed E-state index contributed by atoms with van der Waals surface area (Å²) in [7, 11) is -2.52. The third-order valence-corrected chi connectivity index (χ3v) is 4.63. The third-order valence-electron chi connectivity index (χ3n) is 3.07. The van der Waals surface area contributed by atoms with Crippen LogP contribution in [0.15, 0.2) is 29.2 Å². The fraction of sp³-hybridized carbons (Fsp3) is 0.438. The van der Waals surface area contributed by atoms with E-state index >= 15 is 0 Å². The van der Waals surface area contributed by atoms with Crippen molar-refractivity contribution in [3.05, 3.63) is 24.3 Å². The Morgan fingerprint density at radius 2 is 1.67 bits per heavy atom. The molecule has 11 heteroatoms. The predicted octanol–water partition coefficient (Wildman–Crippen LogP) is 0.139. The van der Waals surface area contributed by atoms with Crippen LogP contribution in [0.1, 0.15) is 20.8 Å². The van der Waals surface area contributed by atoms with Crippen molar-refractivity contribution in [3.8, 4) is 5.75 Å². The van der Waals surface area contributed by atoms with Crippen molar-refractivity contribution in [2.24, 2.45) is 0 Å². The van der Waals surface area contributed by atoms with Crippen molar-refractivity contribution in [2.45, 2.75) is 37.8 Å². The summed E-state index contributed by atoms with van der Waals surface area (Å²) in [6, 6.07) is 3.43. The first kappa shape index (κ1) is 22.4. The molecule has 0 aliphatic carbocycles. The van der Waals surface area contributed by atoms with Crippen molar-refractivity contribution < 1.29 is 32.3 Å². The number of hydrogen-bond acceptors (Lipinski definition) is 7. The minimum atomic E-state index is -3.97. The van der Waals surface area contributed by atoms with Crippen LogP contribution < -0.4 is 20.1 Å². The van der Waals surface area contributed by atoms with E-state index in [-0.39, 0.29) is 10.9 Å². The van der Waals surface area contributed by atoms with Gasteiger partial charge in [0, 0.05) is 6.04 Å². The van der Waals surface area contributed by atoms with Crippen LogP contribution in [0.3, 0.4) is 0 Å². The Morgan fingerprint density at radius 1 is 1.07 bits per heavy atom. The molecular formula is C16H23N3O7S. The van der Waals surface area contributed by atoms with Gasteiger partial charge in [-0.15, -0.1) is 0 Å². The lowest BCUT2D eigenvalue weighted by atomic mass is 10.3. The molecule has 0 heterocycles. The van der Waals surface area contributed by atoms with Crippen molar-refractivity contribution in [3.63, 3.8) is 0 Å². The second-order valence-corrected chi connectivity index (χ2v) is 7.52. The monoisotopic (exact) mass is 401 g/mol. The van der Waals surface area contributed by atoms with Gasteiger partial charge in [0.15, 0.2) is 6.61 Å². The Morgan fingerprint density at radius 3 is 2.19 bits per heavy atom. The lowest BCUT2D eigenvalue weighted by Gasteiger charge is -2.14. The molecule has 1 atom stereocenters. The van der Waals surface area contributed by atoms with E-state index in [9.17, 15) is 22.8 Å². The molecule has 3 N–H and O–H groups in total. The highest BCUT2D eigenvalue weighted by Gasteiger charge is 2.24. The molecule has 0 fully saturated rings. The average Bonchev–Trinajstić information content (AvgIpc) is 2.58. The molecule has 0 radical (unpaired) electrons. The molecule has 27 heavy (non-hydrogen) atoms. The van der Waals surface area contributed by atoms with E-state index in [0.29, 0.717) is 5.75 Å². The van der Waals surface area contributed by atoms with Crippen LogP contribution in [0.5, 0.6) is 5.75 Å². The fourth-order valence-corrected chi connectivity index (χ4v) is 3.02. The number of ether oxygens (including phenoxy) is 2. The van der Waals surface area contributed by atoms with Crippen LogP contribution in [0.25, 0.3) is 0 Å². The maximum atomic E-state index is 12.2. The van der Waals surface area contributed by atoms with E-state index < -0.39 is 40.6 Å². The summed E-state index contributed by atoms with van der Waals surface area (Å²) in [6.45, 7) is 3.97. The number of nitrogens with one attached hydrogen (secondary N) is 3. The zero-order chi connectivity index (χ0) is 20.6. The summed E-state index contributed by atoms with van der Waals surface area (Å²) >= 11 is 0. The first-order valence-corrected chi connectivity index (χ1v) is 9.47. The lowest BCUT2D eigenvalue weighted by molar-refractivity contribution is -0.149. The number of methoxy groups -OCH3 is 1. The first-order chi connectivity index (χ1) is 12.5. The highest BCUT2D eigenvalue weighted by molar-refractivity contribution is 7.89. The number of urea groups is 1. The van der Waals surface area contributed by atoms with Crippen LogP contribution in [0.4, 0.5) is 4.79 Å². The standard InChI is InChI=1S/C16H23N3O7S/c1-10(2)17-16(22)18-14(20)9-26-15(21)11(3)19-27(23,24)13-7-5-12(25-4)6-8-13/h5-8,10-11,19H,9H2,1-4H3,(H2,17,18,20,22)/t11-/m0/s1. The van der Waals surface area contributed by atoms with Gasteiger partial charge < -0.3 is 14.8 Å². The minimum absolute atomic E-state index is 0.0638. The topological polar surface area (TPSA) is 140 Å². The second-order valence-electron chi connectivity index (χ2n) is 5.80. The Kier molecular flexibility index (Phi) is 8.19. The van der Waals surface area contributed by atoms with Gasteiger partial charge in [-0.05, 0) is 45.0 Å². The highest BCUT2D eigenvalue weighted by atomic mass is 32.2. The lowest BCUT2D eigenvalue weighted by Crippen LogP contribution is -2.45. The number of amides is 3. The molecule has 3 amide bonds. The van der Waals surface area contributed by atoms with E-state index in [1.807, 2.05) is 5.32 Å². The van der Waals surface area contributed by atoms with Crippen LogP contribution in [0, 0.1) is 0 Å². The number of carbonyl (C=O) groups is 3. The quantitative estimate of drug-likeness (QED) is 0.526. The van der Waals surface area contributed by atoms with Gasteiger partial charge in [-0.2, -0.15) is 4.72 Å². The summed E-state index contributed by atoms with van der Waals surface area (Å²) in [5.74, 6) is -1.33. The third kappa shape index (κ3) is 7.62. The average molecular weight is 401 g/mol. The van der Waals surface area contributed by atoms with Gasteiger partial charge in [0.05, 0.1) is 12.0 Å². The van der Waals surface area contributed by atoms with Crippen LogP contribution >= 0.6 is 0 Å². The molecule has 10 nitrogen and oxygen atoms in total. The van der Waals surface area contributed by atoms with Gasteiger partial charge in [0.1, 0.15) is 11.8 Å². The number of esters is 1. The number of sulfonamides is 1. The van der Waals surface area contributed by atoms with E-state index in [1.165, 1.54) is 38.3 Å². The van der Waals surface area contributed by atoms with Crippen molar-refractivity contribution >= 4 is 27.9 Å². The molecule has 0 saturated heterocycles. The first-order valence-electron chi connectivity index (χ1n) is 7.98. The molecular weight excluding hydrogens is 378 g/mol. The van der Waals surface area contributed by atoms with E-state index in [1.54, 1.807) is 13.8 Å². The number of benzene rings is 1. The van der Waals surface area contributed by atoms with Gasteiger partial charge in [0.2, 0.25) is 10.0 Å². The molecule has 1 aromatic rings. The molecule has 0 spiro atoms. The largest absolute Gasteiger partial charge is 0.497 e. The molecule has 1 rings (SSSR count). The number of carbonyl (C=O) groups excluding carboxylic acids is 3. The Bertz CT molecular complexity index is 776. The maximum absolute atomic E-state index is 12.2. The minimum Gasteiger partial charge on any atom is -0.497 e. The van der Waals surface area contributed by atoms with Crippen molar-refractivity contribution in [2.75, 3.05) is 13.7 Å². The summed E-state index contributed by atoms with van der Waals surface area (Å²) < 4.78 is 36.3. The van der Waals surface area contributed by atoms with Crippen molar-refractivity contribution in [1.29, 1.82) is 0 Å². The number of rotatable bonds is 8. The summed E-state index contributed by atoms with van der Waals surface area (Å²) in [5, 5.41) is 4.40. The highest BCUT2D eigenvalue weighted by Crippen LogP contribution is 2.15. The van der Waals surface area contributed by atoms with Gasteiger partial charge in [0.25, 0.3) is 5.91 Å². The van der Waals surface area contributed by atoms with Crippen LogP contribution in [-0.2, 0) is 24.3 Å². The summed E-state index contributed by atoms with van der Waals surface area (Å²) in [5.41, 5.74) is 0. The molecule has 0 saturated carbocycles. The molecule has 0 aromatic heterocycles. The zero-order valence-electron chi connectivity index (χ0n) is 15.4. The normalized spacial score (nSPS) is 12.2. The zero-order valence-corrected chi connectivity index (χ0v) is 16.3.